The Bertz CT molecular complexity index is 1330. The molecule has 0 aliphatic rings. The molecule has 1 heterocycles. The molecule has 0 fully saturated rings. The Morgan fingerprint density at radius 2 is 1.83 bits per heavy atom. The summed E-state index contributed by atoms with van der Waals surface area (Å²) in [7, 11) is 0. The van der Waals surface area contributed by atoms with Crippen molar-refractivity contribution in [2.24, 2.45) is 0 Å². The smallest absolute Gasteiger partial charge is 0.471 e. The summed E-state index contributed by atoms with van der Waals surface area (Å²) in [5.74, 6) is -1.98. The minimum absolute atomic E-state index is 0.356. The number of halogens is 4. The second-order valence-corrected chi connectivity index (χ2v) is 8.15. The number of alkyl halides is 3. The lowest BCUT2D eigenvalue weighted by atomic mass is 10.00. The Hall–Kier alpha value is -3.88. The van der Waals surface area contributed by atoms with Gasteiger partial charge in [-0.2, -0.15) is 18.3 Å². The number of hydrogen-bond donors (Lipinski definition) is 1. The molecular weight excluding hydrogens is 462 g/mol. The van der Waals surface area contributed by atoms with Crippen LogP contribution in [-0.4, -0.2) is 27.9 Å². The molecule has 4 aromatic rings. The molecule has 1 amide bonds. The zero-order chi connectivity index (χ0) is 25.2. The maximum absolute atomic E-state index is 13.3. The van der Waals surface area contributed by atoms with Crippen molar-refractivity contribution in [2.75, 3.05) is 0 Å². The van der Waals surface area contributed by atoms with E-state index < -0.39 is 24.2 Å². The number of rotatable bonds is 7. The number of nitrogens with one attached hydrogen (secondary N) is 1. The maximum atomic E-state index is 13.3. The second-order valence-electron chi connectivity index (χ2n) is 8.15. The minimum Gasteiger partial charge on any atom is -0.484 e. The van der Waals surface area contributed by atoms with Crippen LogP contribution >= 0.6 is 0 Å². The minimum atomic E-state index is -5.00. The summed E-state index contributed by atoms with van der Waals surface area (Å²) in [6, 6.07) is 17.4. The van der Waals surface area contributed by atoms with Crippen LogP contribution in [0.1, 0.15) is 31.1 Å². The van der Waals surface area contributed by atoms with E-state index in [-0.39, 0.29) is 5.82 Å². The normalized spacial score (nSPS) is 13.4. The van der Waals surface area contributed by atoms with Crippen molar-refractivity contribution >= 4 is 16.8 Å². The van der Waals surface area contributed by atoms with E-state index in [2.05, 4.69) is 5.10 Å². The topological polar surface area (TPSA) is 56.1 Å². The second kappa shape index (κ2) is 9.77. The number of aryl methyl sites for hydroxylation is 1. The van der Waals surface area contributed by atoms with E-state index in [0.29, 0.717) is 17.0 Å². The summed E-state index contributed by atoms with van der Waals surface area (Å²) in [6.45, 7) is 3.44. The molecule has 4 rings (SSSR count). The molecule has 9 heteroatoms. The zero-order valence-corrected chi connectivity index (χ0v) is 19.0. The van der Waals surface area contributed by atoms with Gasteiger partial charge in [-0.25, -0.2) is 9.07 Å². The van der Waals surface area contributed by atoms with E-state index in [1.807, 2.05) is 24.4 Å². The molecule has 0 radical (unpaired) electrons. The van der Waals surface area contributed by atoms with Gasteiger partial charge in [-0.05, 0) is 66.9 Å². The predicted molar refractivity (Wildman–Crippen MR) is 124 cm³/mol. The maximum Gasteiger partial charge on any atom is 0.471 e. The van der Waals surface area contributed by atoms with Gasteiger partial charge in [-0.3, -0.25) is 4.79 Å². The molecule has 3 aromatic carbocycles. The van der Waals surface area contributed by atoms with Gasteiger partial charge in [0.15, 0.2) is 0 Å². The molecule has 0 saturated heterocycles. The Balaban J connectivity index is 1.65. The number of hydrogen-bond acceptors (Lipinski definition) is 3. The largest absolute Gasteiger partial charge is 0.484 e. The first-order valence-corrected chi connectivity index (χ1v) is 11.0. The van der Waals surface area contributed by atoms with Crippen LogP contribution in [0.5, 0.6) is 5.75 Å². The molecular formula is C26H23F4N3O2. The van der Waals surface area contributed by atoms with Gasteiger partial charge in [0.25, 0.3) is 0 Å². The fourth-order valence-electron chi connectivity index (χ4n) is 3.83. The Morgan fingerprint density at radius 1 is 1.09 bits per heavy atom. The highest BCUT2D eigenvalue weighted by atomic mass is 19.4. The van der Waals surface area contributed by atoms with Gasteiger partial charge in [0, 0.05) is 5.39 Å². The van der Waals surface area contributed by atoms with Gasteiger partial charge < -0.3 is 10.1 Å². The monoisotopic (exact) mass is 485 g/mol. The van der Waals surface area contributed by atoms with Gasteiger partial charge >= 0.3 is 12.1 Å². The highest BCUT2D eigenvalue weighted by Gasteiger charge is 2.40. The molecule has 0 bridgehead atoms. The van der Waals surface area contributed by atoms with Crippen molar-refractivity contribution in [3.8, 4) is 11.4 Å². The van der Waals surface area contributed by atoms with Crippen molar-refractivity contribution in [1.29, 1.82) is 0 Å². The third-order valence-corrected chi connectivity index (χ3v) is 5.63. The average Bonchev–Trinajstić information content (AvgIpc) is 3.25. The third kappa shape index (κ3) is 5.45. The van der Waals surface area contributed by atoms with Gasteiger partial charge in [0.2, 0.25) is 0 Å². The summed E-state index contributed by atoms with van der Waals surface area (Å²) in [5, 5.41) is 7.08. The number of nitrogens with zero attached hydrogens (tertiary/aromatic N) is 2. The summed E-state index contributed by atoms with van der Waals surface area (Å²) < 4.78 is 59.7. The van der Waals surface area contributed by atoms with Crippen molar-refractivity contribution in [1.82, 2.24) is 15.1 Å². The molecule has 1 N–H and O–H groups in total. The molecule has 2 unspecified atom stereocenters. The summed E-state index contributed by atoms with van der Waals surface area (Å²) in [4.78, 5) is 11.6. The van der Waals surface area contributed by atoms with Gasteiger partial charge in [0.1, 0.15) is 17.7 Å². The van der Waals surface area contributed by atoms with Crippen molar-refractivity contribution < 1.29 is 27.1 Å². The van der Waals surface area contributed by atoms with Crippen LogP contribution in [0.15, 0.2) is 72.9 Å². The molecule has 182 valence electrons. The molecule has 35 heavy (non-hydrogen) atoms. The third-order valence-electron chi connectivity index (χ3n) is 5.63. The van der Waals surface area contributed by atoms with Crippen molar-refractivity contribution in [3.63, 3.8) is 0 Å². The highest BCUT2D eigenvalue weighted by Crippen LogP contribution is 2.30. The van der Waals surface area contributed by atoms with Crippen LogP contribution in [0, 0.1) is 5.82 Å². The molecule has 0 aliphatic heterocycles. The van der Waals surface area contributed by atoms with Gasteiger partial charge in [-0.15, -0.1) is 0 Å². The summed E-state index contributed by atoms with van der Waals surface area (Å²) >= 11 is 0. The number of carbonyl (C=O) groups excluding carboxylic acids is 1. The van der Waals surface area contributed by atoms with Crippen LogP contribution in [0.2, 0.25) is 0 Å². The van der Waals surface area contributed by atoms with Crippen molar-refractivity contribution in [2.45, 2.75) is 38.6 Å². The highest BCUT2D eigenvalue weighted by molar-refractivity contribution is 5.82. The number of ether oxygens (including phenoxy) is 1. The van der Waals surface area contributed by atoms with E-state index in [4.69, 9.17) is 4.74 Å². The van der Waals surface area contributed by atoms with Crippen molar-refractivity contribution in [3.05, 3.63) is 89.9 Å². The molecule has 1 aromatic heterocycles. The van der Waals surface area contributed by atoms with E-state index >= 15 is 0 Å². The van der Waals surface area contributed by atoms with Crippen LogP contribution in [-0.2, 0) is 11.2 Å². The fraction of sp³-hybridized carbons (Fsp3) is 0.231. The zero-order valence-electron chi connectivity index (χ0n) is 19.0. The van der Waals surface area contributed by atoms with Gasteiger partial charge in [0.05, 0.1) is 23.4 Å². The number of aromatic nitrogens is 2. The Kier molecular flexibility index (Phi) is 6.77. The van der Waals surface area contributed by atoms with Crippen LogP contribution in [0.25, 0.3) is 16.6 Å². The molecule has 5 nitrogen and oxygen atoms in total. The van der Waals surface area contributed by atoms with E-state index in [9.17, 15) is 22.4 Å². The average molecular weight is 485 g/mol. The SMILES string of the molecule is CCc1cccc(C(Oc2ccc3c(cnn3-c3ccc(F)cc3)c2)C(C)NC(=O)C(F)(F)F)c1. The number of amides is 1. The Morgan fingerprint density at radius 3 is 2.51 bits per heavy atom. The number of carbonyl (C=O) groups is 1. The summed E-state index contributed by atoms with van der Waals surface area (Å²) in [5.41, 5.74) is 3.04. The molecule has 0 spiro atoms. The van der Waals surface area contributed by atoms with Crippen LogP contribution < -0.4 is 10.1 Å². The molecule has 2 atom stereocenters. The first-order chi connectivity index (χ1) is 16.7. The first-order valence-electron chi connectivity index (χ1n) is 11.0. The van der Waals surface area contributed by atoms with E-state index in [1.165, 1.54) is 19.1 Å². The quantitative estimate of drug-likeness (QED) is 0.331. The van der Waals surface area contributed by atoms with Crippen LogP contribution in [0.4, 0.5) is 17.6 Å². The lowest BCUT2D eigenvalue weighted by Crippen LogP contribution is -2.45. The van der Waals surface area contributed by atoms with Gasteiger partial charge in [-0.1, -0.05) is 31.2 Å². The number of fused-ring (bicyclic) bond motifs is 1. The van der Waals surface area contributed by atoms with Crippen LogP contribution in [0.3, 0.4) is 0 Å². The van der Waals surface area contributed by atoms with E-state index in [1.54, 1.807) is 53.3 Å². The molecule has 0 saturated carbocycles. The first kappa shape index (κ1) is 24.3. The lowest BCUT2D eigenvalue weighted by Gasteiger charge is -2.27. The van der Waals surface area contributed by atoms with E-state index in [0.717, 1.165) is 22.9 Å². The summed E-state index contributed by atoms with van der Waals surface area (Å²) in [6.07, 6.45) is -3.53. The predicted octanol–water partition coefficient (Wildman–Crippen LogP) is 5.91. The lowest BCUT2D eigenvalue weighted by molar-refractivity contribution is -0.174. The number of benzene rings is 3. The Labute approximate surface area is 199 Å². The fourth-order valence-corrected chi connectivity index (χ4v) is 3.83. The molecule has 0 aliphatic carbocycles. The standard InChI is InChI=1S/C26H23F4N3O2/c1-3-17-5-4-6-18(13-17)24(16(2)32-25(34)26(28,29)30)35-22-11-12-23-19(14-22)15-31-33(23)21-9-7-20(27)8-10-21/h4-16,24H,3H2,1-2H3,(H,32,34).